The molecular formula is C14H14ClNO2. The summed E-state index contributed by atoms with van der Waals surface area (Å²) in [4.78, 5) is 0. The summed E-state index contributed by atoms with van der Waals surface area (Å²) in [6.45, 7) is 0.932. The Labute approximate surface area is 111 Å². The number of anilines is 1. The van der Waals surface area contributed by atoms with Crippen LogP contribution in [0.5, 0.6) is 11.5 Å². The predicted molar refractivity (Wildman–Crippen MR) is 73.3 cm³/mol. The normalized spacial score (nSPS) is 10.1. The van der Waals surface area contributed by atoms with E-state index in [1.165, 1.54) is 0 Å². The first kappa shape index (κ1) is 12.6. The molecule has 4 heteroatoms. The fourth-order valence-corrected chi connectivity index (χ4v) is 1.62. The Kier molecular flexibility index (Phi) is 4.31. The molecule has 0 aromatic heterocycles. The lowest BCUT2D eigenvalue weighted by Gasteiger charge is -2.08. The first-order chi connectivity index (χ1) is 8.74. The van der Waals surface area contributed by atoms with Crippen LogP contribution in [0.2, 0.25) is 5.02 Å². The summed E-state index contributed by atoms with van der Waals surface area (Å²) in [6.07, 6.45) is 0. The van der Waals surface area contributed by atoms with Crippen LogP contribution in [0, 0.1) is 0 Å². The van der Waals surface area contributed by atoms with Crippen molar-refractivity contribution in [3.8, 4) is 11.5 Å². The number of benzene rings is 2. The van der Waals surface area contributed by atoms with E-state index in [2.05, 4.69) is 0 Å². The van der Waals surface area contributed by atoms with Crippen molar-refractivity contribution < 1.29 is 9.47 Å². The van der Waals surface area contributed by atoms with Gasteiger partial charge < -0.3 is 15.2 Å². The zero-order valence-electron chi connectivity index (χ0n) is 9.80. The van der Waals surface area contributed by atoms with E-state index in [9.17, 15) is 0 Å². The topological polar surface area (TPSA) is 44.5 Å². The number of hydrogen-bond acceptors (Lipinski definition) is 3. The van der Waals surface area contributed by atoms with Gasteiger partial charge in [0.25, 0.3) is 0 Å². The van der Waals surface area contributed by atoms with Gasteiger partial charge in [-0.1, -0.05) is 17.7 Å². The summed E-state index contributed by atoms with van der Waals surface area (Å²) >= 11 is 5.85. The van der Waals surface area contributed by atoms with Crippen LogP contribution >= 0.6 is 11.6 Å². The monoisotopic (exact) mass is 263 g/mol. The molecule has 0 unspecified atom stereocenters. The van der Waals surface area contributed by atoms with Crippen molar-refractivity contribution in [3.05, 3.63) is 53.6 Å². The molecule has 0 saturated carbocycles. The van der Waals surface area contributed by atoms with Crippen molar-refractivity contribution in [2.45, 2.75) is 0 Å². The Morgan fingerprint density at radius 1 is 0.889 bits per heavy atom. The van der Waals surface area contributed by atoms with E-state index in [1.54, 1.807) is 24.3 Å². The van der Waals surface area contributed by atoms with Crippen molar-refractivity contribution in [2.75, 3.05) is 18.9 Å². The van der Waals surface area contributed by atoms with E-state index >= 15 is 0 Å². The number of rotatable bonds is 5. The molecule has 0 aliphatic heterocycles. The van der Waals surface area contributed by atoms with E-state index in [4.69, 9.17) is 26.8 Å². The van der Waals surface area contributed by atoms with Crippen LogP contribution in [0.25, 0.3) is 0 Å². The molecule has 0 radical (unpaired) electrons. The summed E-state index contributed by atoms with van der Waals surface area (Å²) in [5.74, 6) is 1.52. The minimum absolute atomic E-state index is 0.463. The van der Waals surface area contributed by atoms with Gasteiger partial charge in [-0.25, -0.2) is 0 Å². The predicted octanol–water partition coefficient (Wildman–Crippen LogP) is 3.38. The van der Waals surface area contributed by atoms with Gasteiger partial charge in [-0.15, -0.1) is 0 Å². The second kappa shape index (κ2) is 6.17. The second-order valence-corrected chi connectivity index (χ2v) is 4.16. The molecule has 3 nitrogen and oxygen atoms in total. The number of ether oxygens (including phenoxy) is 2. The maximum absolute atomic E-state index is 5.85. The summed E-state index contributed by atoms with van der Waals surface area (Å²) in [5.41, 5.74) is 6.30. The molecule has 0 spiro atoms. The maximum atomic E-state index is 5.85. The minimum atomic E-state index is 0.463. The van der Waals surface area contributed by atoms with Gasteiger partial charge in [-0.2, -0.15) is 0 Å². The van der Waals surface area contributed by atoms with Gasteiger partial charge in [-0.3, -0.25) is 0 Å². The molecule has 0 fully saturated rings. The Hall–Kier alpha value is -1.87. The molecule has 2 aromatic carbocycles. The van der Waals surface area contributed by atoms with Crippen molar-refractivity contribution in [3.63, 3.8) is 0 Å². The minimum Gasteiger partial charge on any atom is -0.490 e. The van der Waals surface area contributed by atoms with Crippen LogP contribution in [0.4, 0.5) is 5.69 Å². The molecule has 2 aromatic rings. The fourth-order valence-electron chi connectivity index (χ4n) is 1.44. The lowest BCUT2D eigenvalue weighted by molar-refractivity contribution is 0.217. The molecule has 0 amide bonds. The van der Waals surface area contributed by atoms with Gasteiger partial charge in [0.1, 0.15) is 24.7 Å². The zero-order chi connectivity index (χ0) is 12.8. The number of halogens is 1. The van der Waals surface area contributed by atoms with Crippen molar-refractivity contribution in [1.29, 1.82) is 0 Å². The maximum Gasteiger partial charge on any atom is 0.122 e. The highest BCUT2D eigenvalue weighted by molar-refractivity contribution is 6.30. The SMILES string of the molecule is Nc1ccc(OCCOc2cccc(Cl)c2)cc1. The van der Waals surface area contributed by atoms with E-state index < -0.39 is 0 Å². The van der Waals surface area contributed by atoms with Crippen LogP contribution in [0.3, 0.4) is 0 Å². The first-order valence-electron chi connectivity index (χ1n) is 5.61. The Bertz CT molecular complexity index is 499. The largest absolute Gasteiger partial charge is 0.490 e. The van der Waals surface area contributed by atoms with E-state index in [1.807, 2.05) is 24.3 Å². The third-order valence-electron chi connectivity index (χ3n) is 2.30. The van der Waals surface area contributed by atoms with Gasteiger partial charge in [0.2, 0.25) is 0 Å². The molecule has 2 N–H and O–H groups in total. The Morgan fingerprint density at radius 2 is 1.56 bits per heavy atom. The Morgan fingerprint density at radius 3 is 2.22 bits per heavy atom. The van der Waals surface area contributed by atoms with Crippen molar-refractivity contribution >= 4 is 17.3 Å². The first-order valence-corrected chi connectivity index (χ1v) is 5.98. The van der Waals surface area contributed by atoms with Crippen LogP contribution < -0.4 is 15.2 Å². The lowest BCUT2D eigenvalue weighted by Crippen LogP contribution is -2.08. The summed E-state index contributed by atoms with van der Waals surface area (Å²) in [7, 11) is 0. The zero-order valence-corrected chi connectivity index (χ0v) is 10.6. The van der Waals surface area contributed by atoms with E-state index in [0.29, 0.717) is 18.2 Å². The molecule has 0 bridgehead atoms. The van der Waals surface area contributed by atoms with Crippen LogP contribution in [0.1, 0.15) is 0 Å². The van der Waals surface area contributed by atoms with E-state index in [0.717, 1.165) is 17.2 Å². The van der Waals surface area contributed by atoms with E-state index in [-0.39, 0.29) is 0 Å². The van der Waals surface area contributed by atoms with Gasteiger partial charge in [0.15, 0.2) is 0 Å². The van der Waals surface area contributed by atoms with Crippen molar-refractivity contribution in [2.24, 2.45) is 0 Å². The number of nitrogen functional groups attached to an aromatic ring is 1. The molecule has 94 valence electrons. The second-order valence-electron chi connectivity index (χ2n) is 3.72. The van der Waals surface area contributed by atoms with Gasteiger partial charge >= 0.3 is 0 Å². The third kappa shape index (κ3) is 3.86. The molecule has 0 aliphatic rings. The highest BCUT2D eigenvalue weighted by atomic mass is 35.5. The smallest absolute Gasteiger partial charge is 0.122 e. The Balaban J connectivity index is 1.74. The summed E-state index contributed by atoms with van der Waals surface area (Å²) in [5, 5.41) is 0.659. The molecule has 2 rings (SSSR count). The molecule has 0 aliphatic carbocycles. The summed E-state index contributed by atoms with van der Waals surface area (Å²) < 4.78 is 11.0. The molecule has 18 heavy (non-hydrogen) atoms. The highest BCUT2D eigenvalue weighted by Crippen LogP contribution is 2.17. The van der Waals surface area contributed by atoms with Crippen LogP contribution in [0.15, 0.2) is 48.5 Å². The molecule has 0 saturated heterocycles. The lowest BCUT2D eigenvalue weighted by atomic mass is 10.3. The van der Waals surface area contributed by atoms with Crippen LogP contribution in [-0.2, 0) is 0 Å². The molecule has 0 atom stereocenters. The average Bonchev–Trinajstić information content (AvgIpc) is 2.37. The quantitative estimate of drug-likeness (QED) is 0.664. The van der Waals surface area contributed by atoms with Crippen LogP contribution in [-0.4, -0.2) is 13.2 Å². The van der Waals surface area contributed by atoms with Gasteiger partial charge in [-0.05, 0) is 42.5 Å². The average molecular weight is 264 g/mol. The summed E-state index contributed by atoms with van der Waals surface area (Å²) in [6, 6.07) is 14.5. The fraction of sp³-hybridized carbons (Fsp3) is 0.143. The molecule has 0 heterocycles. The number of nitrogens with two attached hydrogens (primary N) is 1. The third-order valence-corrected chi connectivity index (χ3v) is 2.53. The van der Waals surface area contributed by atoms with Gasteiger partial charge in [0.05, 0.1) is 0 Å². The molecular weight excluding hydrogens is 250 g/mol. The van der Waals surface area contributed by atoms with Gasteiger partial charge in [0, 0.05) is 10.7 Å². The highest BCUT2D eigenvalue weighted by Gasteiger charge is 1.96. The number of hydrogen-bond donors (Lipinski definition) is 1. The van der Waals surface area contributed by atoms with Crippen molar-refractivity contribution in [1.82, 2.24) is 0 Å². The standard InChI is InChI=1S/C14H14ClNO2/c15-11-2-1-3-14(10-11)18-9-8-17-13-6-4-12(16)5-7-13/h1-7,10H,8-9,16H2.